The number of aromatic nitrogens is 3. The highest BCUT2D eigenvalue weighted by atomic mass is 15.3. The second kappa shape index (κ2) is 12.1. The van der Waals surface area contributed by atoms with Crippen LogP contribution in [0.5, 0.6) is 0 Å². The molecule has 0 saturated carbocycles. The average molecular weight is 386 g/mol. The zero-order valence-electron chi connectivity index (χ0n) is 17.7. The van der Waals surface area contributed by atoms with Gasteiger partial charge in [-0.15, -0.1) is 0 Å². The molecule has 0 aliphatic carbocycles. The predicted molar refractivity (Wildman–Crippen MR) is 115 cm³/mol. The molecular formula is C21H35N7. The molecule has 0 aliphatic rings. The van der Waals surface area contributed by atoms with E-state index in [2.05, 4.69) is 75.6 Å². The van der Waals surface area contributed by atoms with E-state index in [0.29, 0.717) is 6.04 Å². The summed E-state index contributed by atoms with van der Waals surface area (Å²) in [4.78, 5) is 10.8. The van der Waals surface area contributed by atoms with Gasteiger partial charge in [0.05, 0.1) is 6.54 Å². The lowest BCUT2D eigenvalue weighted by Crippen LogP contribution is -2.42. The molecule has 0 radical (unpaired) electrons. The van der Waals surface area contributed by atoms with Crippen LogP contribution >= 0.6 is 0 Å². The van der Waals surface area contributed by atoms with Crippen LogP contribution in [0.4, 0.5) is 0 Å². The van der Waals surface area contributed by atoms with Gasteiger partial charge in [-0.05, 0) is 50.5 Å². The molecule has 2 N–H and O–H groups in total. The maximum absolute atomic E-state index is 4.36. The van der Waals surface area contributed by atoms with E-state index in [-0.39, 0.29) is 0 Å². The highest BCUT2D eigenvalue weighted by molar-refractivity contribution is 5.79. The molecule has 0 fully saturated rings. The van der Waals surface area contributed by atoms with Gasteiger partial charge in [-0.25, -0.2) is 9.67 Å². The Morgan fingerprint density at radius 1 is 1.25 bits per heavy atom. The lowest BCUT2D eigenvalue weighted by Gasteiger charge is -2.21. The molecule has 154 valence electrons. The Labute approximate surface area is 169 Å². The summed E-state index contributed by atoms with van der Waals surface area (Å²) in [6.07, 6.45) is 5.62. The Kier molecular flexibility index (Phi) is 9.48. The standard InChI is InChI=1S/C21H35N7/c1-5-27(6-2)12-8-9-18(3)26-21(22-4)24-14-19-10-7-11-20(13-19)15-28-17-23-16-25-28/h7,10-11,13,16-18H,5-6,8-9,12,14-15H2,1-4H3,(H2,22,24,26). The fraction of sp³-hybridized carbons (Fsp3) is 0.571. The molecule has 1 atom stereocenters. The second-order valence-electron chi connectivity index (χ2n) is 7.05. The zero-order valence-corrected chi connectivity index (χ0v) is 17.7. The van der Waals surface area contributed by atoms with Crippen LogP contribution in [0.3, 0.4) is 0 Å². The normalized spacial score (nSPS) is 13.0. The number of aliphatic imine (C=N–C) groups is 1. The smallest absolute Gasteiger partial charge is 0.191 e. The van der Waals surface area contributed by atoms with E-state index in [1.807, 2.05) is 11.7 Å². The maximum Gasteiger partial charge on any atom is 0.191 e. The maximum atomic E-state index is 4.36. The molecule has 7 nitrogen and oxygen atoms in total. The Morgan fingerprint density at radius 3 is 2.71 bits per heavy atom. The van der Waals surface area contributed by atoms with E-state index in [4.69, 9.17) is 0 Å². The van der Waals surface area contributed by atoms with Crippen molar-refractivity contribution in [1.82, 2.24) is 30.3 Å². The average Bonchev–Trinajstić information content (AvgIpc) is 3.21. The van der Waals surface area contributed by atoms with Gasteiger partial charge in [-0.1, -0.05) is 38.1 Å². The quantitative estimate of drug-likeness (QED) is 0.459. The molecule has 0 amide bonds. The van der Waals surface area contributed by atoms with Crippen LogP contribution in [0, 0.1) is 0 Å². The van der Waals surface area contributed by atoms with Crippen LogP contribution in [0.1, 0.15) is 44.7 Å². The molecule has 0 bridgehead atoms. The first-order chi connectivity index (χ1) is 13.6. The third-order valence-corrected chi connectivity index (χ3v) is 4.88. The van der Waals surface area contributed by atoms with Gasteiger partial charge < -0.3 is 15.5 Å². The summed E-state index contributed by atoms with van der Waals surface area (Å²) in [5.41, 5.74) is 2.42. The minimum atomic E-state index is 0.389. The monoisotopic (exact) mass is 385 g/mol. The number of benzene rings is 1. The highest BCUT2D eigenvalue weighted by Crippen LogP contribution is 2.07. The number of guanidine groups is 1. The zero-order chi connectivity index (χ0) is 20.2. The molecule has 0 aliphatic heterocycles. The van der Waals surface area contributed by atoms with Crippen LogP contribution in [0.2, 0.25) is 0 Å². The molecule has 7 heteroatoms. The van der Waals surface area contributed by atoms with E-state index in [0.717, 1.165) is 45.1 Å². The van der Waals surface area contributed by atoms with Crippen LogP contribution in [0.25, 0.3) is 0 Å². The molecule has 0 spiro atoms. The van der Waals surface area contributed by atoms with E-state index < -0.39 is 0 Å². The first-order valence-electron chi connectivity index (χ1n) is 10.2. The van der Waals surface area contributed by atoms with Crippen molar-refractivity contribution in [3.05, 3.63) is 48.0 Å². The minimum absolute atomic E-state index is 0.389. The van der Waals surface area contributed by atoms with Crippen LogP contribution in [0.15, 0.2) is 41.9 Å². The van der Waals surface area contributed by atoms with Crippen molar-refractivity contribution in [2.24, 2.45) is 4.99 Å². The highest BCUT2D eigenvalue weighted by Gasteiger charge is 2.07. The molecule has 1 heterocycles. The van der Waals surface area contributed by atoms with Crippen LogP contribution < -0.4 is 10.6 Å². The summed E-state index contributed by atoms with van der Waals surface area (Å²) in [5, 5.41) is 11.1. The Morgan fingerprint density at radius 2 is 2.04 bits per heavy atom. The van der Waals surface area contributed by atoms with Gasteiger partial charge in [0, 0.05) is 19.6 Å². The predicted octanol–water partition coefficient (Wildman–Crippen LogP) is 2.50. The largest absolute Gasteiger partial charge is 0.354 e. The van der Waals surface area contributed by atoms with E-state index >= 15 is 0 Å². The lowest BCUT2D eigenvalue weighted by atomic mass is 10.1. The number of hydrogen-bond donors (Lipinski definition) is 2. The van der Waals surface area contributed by atoms with Gasteiger partial charge in [0.25, 0.3) is 0 Å². The SMILES string of the molecule is CCN(CC)CCCC(C)NC(=NC)NCc1cccc(Cn2cncn2)c1. The summed E-state index contributed by atoms with van der Waals surface area (Å²) in [6.45, 7) is 11.5. The van der Waals surface area contributed by atoms with Crippen molar-refractivity contribution in [1.29, 1.82) is 0 Å². The van der Waals surface area contributed by atoms with Gasteiger partial charge in [-0.2, -0.15) is 5.10 Å². The molecule has 28 heavy (non-hydrogen) atoms. The third kappa shape index (κ3) is 7.68. The summed E-state index contributed by atoms with van der Waals surface area (Å²) >= 11 is 0. The van der Waals surface area contributed by atoms with E-state index in [1.165, 1.54) is 17.5 Å². The molecule has 1 aromatic carbocycles. The number of rotatable bonds is 11. The van der Waals surface area contributed by atoms with Crippen molar-refractivity contribution < 1.29 is 0 Å². The van der Waals surface area contributed by atoms with Crippen LogP contribution in [-0.2, 0) is 13.1 Å². The van der Waals surface area contributed by atoms with Crippen LogP contribution in [-0.4, -0.2) is 58.3 Å². The van der Waals surface area contributed by atoms with Crippen molar-refractivity contribution in [2.75, 3.05) is 26.7 Å². The molecule has 0 saturated heterocycles. The fourth-order valence-electron chi connectivity index (χ4n) is 3.19. The fourth-order valence-corrected chi connectivity index (χ4v) is 3.19. The summed E-state index contributed by atoms with van der Waals surface area (Å²) in [6, 6.07) is 8.89. The van der Waals surface area contributed by atoms with Gasteiger partial charge >= 0.3 is 0 Å². The Hall–Kier alpha value is -2.41. The van der Waals surface area contributed by atoms with E-state index in [1.54, 1.807) is 12.7 Å². The van der Waals surface area contributed by atoms with Gasteiger partial charge in [-0.3, -0.25) is 4.99 Å². The second-order valence-corrected chi connectivity index (χ2v) is 7.05. The number of hydrogen-bond acceptors (Lipinski definition) is 4. The van der Waals surface area contributed by atoms with E-state index in [9.17, 15) is 0 Å². The first-order valence-corrected chi connectivity index (χ1v) is 10.2. The molecule has 1 unspecified atom stereocenters. The number of nitrogens with one attached hydrogen (secondary N) is 2. The summed E-state index contributed by atoms with van der Waals surface area (Å²) in [5.74, 6) is 0.844. The topological polar surface area (TPSA) is 70.4 Å². The van der Waals surface area contributed by atoms with Crippen molar-refractivity contribution in [3.8, 4) is 0 Å². The first kappa shape index (κ1) is 21.9. The van der Waals surface area contributed by atoms with Crippen molar-refractivity contribution in [3.63, 3.8) is 0 Å². The molecule has 2 rings (SSSR count). The third-order valence-electron chi connectivity index (χ3n) is 4.88. The minimum Gasteiger partial charge on any atom is -0.354 e. The lowest BCUT2D eigenvalue weighted by molar-refractivity contribution is 0.292. The van der Waals surface area contributed by atoms with Crippen molar-refractivity contribution >= 4 is 5.96 Å². The molecule has 1 aromatic heterocycles. The number of nitrogens with zero attached hydrogens (tertiary/aromatic N) is 5. The Bertz CT molecular complexity index is 693. The molecule has 2 aromatic rings. The summed E-state index contributed by atoms with van der Waals surface area (Å²) in [7, 11) is 1.82. The molecular weight excluding hydrogens is 350 g/mol. The van der Waals surface area contributed by atoms with Crippen molar-refractivity contribution in [2.45, 2.75) is 52.7 Å². The van der Waals surface area contributed by atoms with Gasteiger partial charge in [0.15, 0.2) is 5.96 Å². The Balaban J connectivity index is 1.77. The van der Waals surface area contributed by atoms with Gasteiger partial charge in [0.2, 0.25) is 0 Å². The summed E-state index contributed by atoms with van der Waals surface area (Å²) < 4.78 is 1.83. The van der Waals surface area contributed by atoms with Gasteiger partial charge in [0.1, 0.15) is 12.7 Å².